The first-order chi connectivity index (χ1) is 13.9. The lowest BCUT2D eigenvalue weighted by atomic mass is 10.1. The SMILES string of the molecule is Cc1ccc(S(=O)(=O)n2ccc3nc([N+]4(C(=O)NN)CCCCC4)cnc32)cc1. The van der Waals surface area contributed by atoms with E-state index in [4.69, 9.17) is 5.84 Å². The van der Waals surface area contributed by atoms with Crippen molar-refractivity contribution in [2.75, 3.05) is 13.1 Å². The van der Waals surface area contributed by atoms with Gasteiger partial charge >= 0.3 is 6.03 Å². The van der Waals surface area contributed by atoms with Crippen LogP contribution in [0.15, 0.2) is 47.6 Å². The number of carbonyl (C=O) groups excluding carboxylic acids is 1. The number of hydrogen-bond acceptors (Lipinski definition) is 6. The van der Waals surface area contributed by atoms with Crippen LogP contribution in [0, 0.1) is 6.92 Å². The molecule has 2 amide bonds. The summed E-state index contributed by atoms with van der Waals surface area (Å²) in [6.45, 7) is 3.04. The van der Waals surface area contributed by atoms with E-state index in [1.165, 1.54) is 12.4 Å². The predicted molar refractivity (Wildman–Crippen MR) is 109 cm³/mol. The Bertz CT molecular complexity index is 1160. The molecule has 4 rings (SSSR count). The van der Waals surface area contributed by atoms with E-state index in [9.17, 15) is 13.2 Å². The standard InChI is InChI=1S/C19H22N6O3S/c1-14-5-7-15(8-6-14)29(27,28)24-10-9-16-18(24)21-13-17(22-16)25(19(26)23-20)11-3-2-4-12-25/h5-10,13H,2-4,11-12H2,1H3,(H2-,20,21,22,23,26)/p+1. The van der Waals surface area contributed by atoms with E-state index >= 15 is 0 Å². The van der Waals surface area contributed by atoms with Gasteiger partial charge in [0.2, 0.25) is 0 Å². The van der Waals surface area contributed by atoms with Crippen molar-refractivity contribution in [3.63, 3.8) is 0 Å². The van der Waals surface area contributed by atoms with Gasteiger partial charge in [0.25, 0.3) is 15.8 Å². The van der Waals surface area contributed by atoms with E-state index < -0.39 is 10.0 Å². The highest BCUT2D eigenvalue weighted by atomic mass is 32.2. The van der Waals surface area contributed by atoms with Crippen LogP contribution < -0.4 is 15.8 Å². The molecule has 3 aromatic rings. The number of aryl methyl sites for hydroxylation is 1. The third-order valence-electron chi connectivity index (χ3n) is 5.45. The normalized spacial score (nSPS) is 16.6. The number of fused-ring (bicyclic) bond motifs is 1. The van der Waals surface area contributed by atoms with Crippen molar-refractivity contribution in [1.29, 1.82) is 0 Å². The molecule has 152 valence electrons. The topological polar surface area (TPSA) is 120 Å². The summed E-state index contributed by atoms with van der Waals surface area (Å²) in [5.74, 6) is 5.89. The Hall–Kier alpha value is -2.82. The molecule has 10 heteroatoms. The molecule has 0 saturated carbocycles. The van der Waals surface area contributed by atoms with Crippen molar-refractivity contribution < 1.29 is 13.2 Å². The molecule has 1 fully saturated rings. The second-order valence-electron chi connectivity index (χ2n) is 7.29. The van der Waals surface area contributed by atoms with Crippen molar-refractivity contribution in [2.24, 2.45) is 5.84 Å². The Morgan fingerprint density at radius 1 is 1.14 bits per heavy atom. The smallest absolute Gasteiger partial charge is 0.243 e. The molecule has 0 unspecified atom stereocenters. The summed E-state index contributed by atoms with van der Waals surface area (Å²) in [4.78, 5) is 21.7. The summed E-state index contributed by atoms with van der Waals surface area (Å²) < 4.78 is 27.2. The predicted octanol–water partition coefficient (Wildman–Crippen LogP) is 2.05. The number of aromatic nitrogens is 3. The van der Waals surface area contributed by atoms with Crippen LogP contribution >= 0.6 is 0 Å². The first kappa shape index (κ1) is 19.5. The quantitative estimate of drug-likeness (QED) is 0.292. The molecule has 29 heavy (non-hydrogen) atoms. The largest absolute Gasteiger partial charge is 0.437 e. The molecule has 3 N–H and O–H groups in total. The Kier molecular flexibility index (Phi) is 4.85. The molecule has 2 aromatic heterocycles. The van der Waals surface area contributed by atoms with Crippen LogP contribution in [-0.4, -0.2) is 41.5 Å². The molecule has 0 atom stereocenters. The first-order valence-corrected chi connectivity index (χ1v) is 10.9. The molecule has 0 bridgehead atoms. The highest BCUT2D eigenvalue weighted by molar-refractivity contribution is 7.90. The van der Waals surface area contributed by atoms with Gasteiger partial charge in [-0.05, 0) is 44.4 Å². The number of amides is 2. The van der Waals surface area contributed by atoms with Gasteiger partial charge in [-0.25, -0.2) is 33.4 Å². The van der Waals surface area contributed by atoms with Crippen LogP contribution in [0.3, 0.4) is 0 Å². The number of nitrogens with one attached hydrogen (secondary N) is 1. The van der Waals surface area contributed by atoms with E-state index in [0.29, 0.717) is 24.4 Å². The minimum absolute atomic E-state index is 0.0324. The fraction of sp³-hybridized carbons (Fsp3) is 0.316. The minimum atomic E-state index is -3.80. The fourth-order valence-corrected chi connectivity index (χ4v) is 5.11. The summed E-state index contributed by atoms with van der Waals surface area (Å²) in [6, 6.07) is 7.88. The Labute approximate surface area is 168 Å². The summed E-state index contributed by atoms with van der Waals surface area (Å²) in [5, 5.41) is 0. The molecule has 0 radical (unpaired) electrons. The van der Waals surface area contributed by atoms with Crippen LogP contribution in [0.5, 0.6) is 0 Å². The lowest BCUT2D eigenvalue weighted by Crippen LogP contribution is -2.62. The number of carbonyl (C=O) groups is 1. The molecule has 1 aromatic carbocycles. The lowest BCUT2D eigenvalue weighted by molar-refractivity contribution is 0.185. The van der Waals surface area contributed by atoms with Crippen LogP contribution in [-0.2, 0) is 10.0 Å². The molecular formula is C19H23N6O3S+. The fourth-order valence-electron chi connectivity index (χ4n) is 3.81. The van der Waals surface area contributed by atoms with Crippen LogP contribution in [0.2, 0.25) is 0 Å². The van der Waals surface area contributed by atoms with Crippen molar-refractivity contribution in [3.05, 3.63) is 48.3 Å². The molecule has 0 spiro atoms. The second kappa shape index (κ2) is 7.21. The number of likely N-dealkylation sites (tertiary alicyclic amines) is 1. The molecule has 1 aliphatic heterocycles. The van der Waals surface area contributed by atoms with E-state index in [2.05, 4.69) is 15.4 Å². The number of urea groups is 1. The van der Waals surface area contributed by atoms with Crippen LogP contribution in [0.1, 0.15) is 24.8 Å². The van der Waals surface area contributed by atoms with E-state index in [1.54, 1.807) is 30.3 Å². The van der Waals surface area contributed by atoms with Gasteiger partial charge in [-0.1, -0.05) is 17.7 Å². The third-order valence-corrected chi connectivity index (χ3v) is 7.13. The number of rotatable bonds is 3. The maximum absolute atomic E-state index is 13.0. The zero-order chi connectivity index (χ0) is 20.6. The van der Waals surface area contributed by atoms with E-state index in [0.717, 1.165) is 28.8 Å². The van der Waals surface area contributed by atoms with Gasteiger partial charge < -0.3 is 0 Å². The average Bonchev–Trinajstić information content (AvgIpc) is 3.18. The van der Waals surface area contributed by atoms with Crippen molar-refractivity contribution in [1.82, 2.24) is 23.8 Å². The number of hydrazine groups is 1. The maximum Gasteiger partial charge on any atom is 0.437 e. The Morgan fingerprint density at radius 2 is 1.83 bits per heavy atom. The van der Waals surface area contributed by atoms with E-state index in [1.807, 2.05) is 6.92 Å². The van der Waals surface area contributed by atoms with Gasteiger partial charge in [-0.3, -0.25) is 0 Å². The number of quaternary nitrogens is 1. The highest BCUT2D eigenvalue weighted by Gasteiger charge is 2.42. The zero-order valence-corrected chi connectivity index (χ0v) is 16.9. The van der Waals surface area contributed by atoms with Crippen LogP contribution in [0.25, 0.3) is 11.2 Å². The Morgan fingerprint density at radius 3 is 2.48 bits per heavy atom. The van der Waals surface area contributed by atoms with Gasteiger partial charge in [0, 0.05) is 6.20 Å². The lowest BCUT2D eigenvalue weighted by Gasteiger charge is -2.35. The molecule has 1 saturated heterocycles. The molecule has 0 aliphatic carbocycles. The van der Waals surface area contributed by atoms with Crippen molar-refractivity contribution in [3.8, 4) is 0 Å². The first-order valence-electron chi connectivity index (χ1n) is 9.44. The molecule has 1 aliphatic rings. The number of benzene rings is 1. The maximum atomic E-state index is 13.0. The number of nitrogens with two attached hydrogens (primary N) is 1. The molecule has 9 nitrogen and oxygen atoms in total. The highest BCUT2D eigenvalue weighted by Crippen LogP contribution is 2.29. The minimum Gasteiger partial charge on any atom is -0.243 e. The van der Waals surface area contributed by atoms with Crippen LogP contribution in [0.4, 0.5) is 10.6 Å². The van der Waals surface area contributed by atoms with Gasteiger partial charge in [-0.15, -0.1) is 0 Å². The van der Waals surface area contributed by atoms with Crippen molar-refractivity contribution >= 4 is 33.0 Å². The van der Waals surface area contributed by atoms with Gasteiger partial charge in [0.1, 0.15) is 11.7 Å². The van der Waals surface area contributed by atoms with E-state index in [-0.39, 0.29) is 21.1 Å². The van der Waals surface area contributed by atoms with Gasteiger partial charge in [0.05, 0.1) is 18.0 Å². The second-order valence-corrected chi connectivity index (χ2v) is 9.11. The number of nitrogens with zero attached hydrogens (tertiary/aromatic N) is 4. The summed E-state index contributed by atoms with van der Waals surface area (Å²) in [5.41, 5.74) is 3.84. The molecular weight excluding hydrogens is 392 g/mol. The van der Waals surface area contributed by atoms with Gasteiger partial charge in [0.15, 0.2) is 5.65 Å². The summed E-state index contributed by atoms with van der Waals surface area (Å²) in [7, 11) is -3.80. The monoisotopic (exact) mass is 415 g/mol. The number of hydrogen-bond donors (Lipinski definition) is 2. The third kappa shape index (κ3) is 3.18. The Balaban J connectivity index is 1.80. The molecule has 3 heterocycles. The average molecular weight is 415 g/mol. The zero-order valence-electron chi connectivity index (χ0n) is 16.1. The number of piperidine rings is 1. The van der Waals surface area contributed by atoms with Gasteiger partial charge in [-0.2, -0.15) is 9.47 Å². The summed E-state index contributed by atoms with van der Waals surface area (Å²) >= 11 is 0. The summed E-state index contributed by atoms with van der Waals surface area (Å²) in [6.07, 6.45) is 5.70. The van der Waals surface area contributed by atoms with Crippen molar-refractivity contribution in [2.45, 2.75) is 31.1 Å².